The second kappa shape index (κ2) is 6.47. The molecule has 0 heterocycles. The van der Waals surface area contributed by atoms with Crippen molar-refractivity contribution < 1.29 is 9.31 Å². The molecule has 1 N–H and O–H groups in total. The van der Waals surface area contributed by atoms with E-state index in [4.69, 9.17) is 0 Å². The highest BCUT2D eigenvalue weighted by Crippen LogP contribution is 2.20. The van der Waals surface area contributed by atoms with Gasteiger partial charge < -0.3 is 5.32 Å². The molecule has 6 heteroatoms. The summed E-state index contributed by atoms with van der Waals surface area (Å²) >= 11 is 3.28. The highest BCUT2D eigenvalue weighted by Gasteiger charge is 2.05. The first-order chi connectivity index (χ1) is 9.56. The number of hydrogen-bond acceptors (Lipinski definition) is 3. The van der Waals surface area contributed by atoms with Crippen LogP contribution in [0.25, 0.3) is 0 Å². The van der Waals surface area contributed by atoms with E-state index in [0.717, 1.165) is 10.0 Å². The van der Waals surface area contributed by atoms with Gasteiger partial charge in [-0.2, -0.15) is 0 Å². The Hall–Kier alpha value is -1.95. The Morgan fingerprint density at radius 3 is 2.55 bits per heavy atom. The fraction of sp³-hybridized carbons (Fsp3) is 0.143. The highest BCUT2D eigenvalue weighted by molar-refractivity contribution is 9.10. The molecular weight excluding hydrogens is 327 g/mol. The maximum absolute atomic E-state index is 13.5. The van der Waals surface area contributed by atoms with Gasteiger partial charge >= 0.3 is 0 Å². The van der Waals surface area contributed by atoms with Crippen molar-refractivity contribution in [2.45, 2.75) is 6.42 Å². The van der Waals surface area contributed by atoms with Crippen LogP contribution < -0.4 is 5.32 Å². The van der Waals surface area contributed by atoms with Crippen molar-refractivity contribution in [1.29, 1.82) is 0 Å². The quantitative estimate of drug-likeness (QED) is 0.658. The topological polar surface area (TPSA) is 55.2 Å². The number of rotatable bonds is 5. The minimum atomic E-state index is -0.432. The van der Waals surface area contributed by atoms with Gasteiger partial charge in [-0.25, -0.2) is 4.39 Å². The number of nitrogens with zero attached hydrogens (tertiary/aromatic N) is 1. The van der Waals surface area contributed by atoms with Gasteiger partial charge in [-0.3, -0.25) is 10.1 Å². The Labute approximate surface area is 123 Å². The second-order valence-electron chi connectivity index (χ2n) is 4.22. The third-order valence-corrected chi connectivity index (χ3v) is 3.30. The standard InChI is InChI=1S/C14H12BrFN2O2/c15-11-3-6-13(16)14(9-11)17-8-7-10-1-4-12(5-2-10)18(19)20/h1-6,9,17H,7-8H2. The Kier molecular flexibility index (Phi) is 4.68. The molecule has 2 aromatic rings. The third-order valence-electron chi connectivity index (χ3n) is 2.80. The van der Waals surface area contributed by atoms with E-state index in [1.165, 1.54) is 18.2 Å². The Balaban J connectivity index is 1.92. The van der Waals surface area contributed by atoms with E-state index in [1.54, 1.807) is 24.3 Å². The van der Waals surface area contributed by atoms with Gasteiger partial charge in [-0.15, -0.1) is 0 Å². The Morgan fingerprint density at radius 2 is 1.90 bits per heavy atom. The predicted octanol–water partition coefficient (Wildman–Crippen LogP) is 4.15. The molecule has 0 atom stereocenters. The summed E-state index contributed by atoms with van der Waals surface area (Å²) in [7, 11) is 0. The molecule has 0 aliphatic carbocycles. The van der Waals surface area contributed by atoms with Crippen molar-refractivity contribution in [2.75, 3.05) is 11.9 Å². The summed E-state index contributed by atoms with van der Waals surface area (Å²) in [5.41, 5.74) is 1.46. The first kappa shape index (κ1) is 14.5. The number of non-ortho nitro benzene ring substituents is 1. The van der Waals surface area contributed by atoms with Gasteiger partial charge in [0.05, 0.1) is 10.6 Å². The molecule has 0 spiro atoms. The molecule has 0 unspecified atom stereocenters. The Bertz CT molecular complexity index is 617. The smallest absolute Gasteiger partial charge is 0.269 e. The van der Waals surface area contributed by atoms with Gasteiger partial charge in [0.1, 0.15) is 5.82 Å². The lowest BCUT2D eigenvalue weighted by Crippen LogP contribution is -2.06. The van der Waals surface area contributed by atoms with Crippen LogP contribution in [0.15, 0.2) is 46.9 Å². The number of nitrogens with one attached hydrogen (secondary N) is 1. The summed E-state index contributed by atoms with van der Waals surface area (Å²) < 4.78 is 14.3. The average molecular weight is 339 g/mol. The van der Waals surface area contributed by atoms with Crippen LogP contribution in [-0.2, 0) is 6.42 Å². The largest absolute Gasteiger partial charge is 0.382 e. The molecule has 2 rings (SSSR count). The number of hydrogen-bond donors (Lipinski definition) is 1. The number of nitro benzene ring substituents is 1. The molecule has 4 nitrogen and oxygen atoms in total. The number of nitro groups is 1. The van der Waals surface area contributed by atoms with Gasteiger partial charge in [-0.1, -0.05) is 28.1 Å². The summed E-state index contributed by atoms with van der Waals surface area (Å²) in [6.45, 7) is 0.547. The van der Waals surface area contributed by atoms with Crippen LogP contribution in [0.4, 0.5) is 15.8 Å². The lowest BCUT2D eigenvalue weighted by molar-refractivity contribution is -0.384. The molecule has 0 bridgehead atoms. The molecule has 0 fully saturated rings. The summed E-state index contributed by atoms with van der Waals surface area (Å²) in [5, 5.41) is 13.5. The molecule has 0 aliphatic rings. The van der Waals surface area contributed by atoms with Crippen molar-refractivity contribution in [2.24, 2.45) is 0 Å². The van der Waals surface area contributed by atoms with Crippen molar-refractivity contribution in [3.05, 3.63) is 68.4 Å². The van der Waals surface area contributed by atoms with Crippen LogP contribution in [0.5, 0.6) is 0 Å². The minimum Gasteiger partial charge on any atom is -0.382 e. The van der Waals surface area contributed by atoms with Crippen LogP contribution in [0.3, 0.4) is 0 Å². The van der Waals surface area contributed by atoms with Crippen molar-refractivity contribution in [1.82, 2.24) is 0 Å². The van der Waals surface area contributed by atoms with Crippen molar-refractivity contribution >= 4 is 27.3 Å². The van der Waals surface area contributed by atoms with Gasteiger partial charge in [0.25, 0.3) is 5.69 Å². The fourth-order valence-electron chi connectivity index (χ4n) is 1.76. The van der Waals surface area contributed by atoms with Crippen molar-refractivity contribution in [3.63, 3.8) is 0 Å². The monoisotopic (exact) mass is 338 g/mol. The molecule has 104 valence electrons. The van der Waals surface area contributed by atoms with E-state index in [2.05, 4.69) is 21.2 Å². The molecule has 0 saturated carbocycles. The van der Waals surface area contributed by atoms with E-state index in [9.17, 15) is 14.5 Å². The normalized spacial score (nSPS) is 10.3. The minimum absolute atomic E-state index is 0.0692. The fourth-order valence-corrected chi connectivity index (χ4v) is 2.12. The third kappa shape index (κ3) is 3.77. The molecule has 0 amide bonds. The lowest BCUT2D eigenvalue weighted by atomic mass is 10.1. The van der Waals surface area contributed by atoms with E-state index in [0.29, 0.717) is 18.7 Å². The van der Waals surface area contributed by atoms with Gasteiger partial charge in [-0.05, 0) is 30.2 Å². The summed E-state index contributed by atoms with van der Waals surface area (Å²) in [6, 6.07) is 11.0. The molecule has 20 heavy (non-hydrogen) atoms. The number of benzene rings is 2. The number of anilines is 1. The predicted molar refractivity (Wildman–Crippen MR) is 79.4 cm³/mol. The summed E-state index contributed by atoms with van der Waals surface area (Å²) in [4.78, 5) is 10.1. The Morgan fingerprint density at radius 1 is 1.20 bits per heavy atom. The SMILES string of the molecule is O=[N+]([O-])c1ccc(CCNc2cc(Br)ccc2F)cc1. The van der Waals surface area contributed by atoms with Gasteiger partial charge in [0, 0.05) is 23.2 Å². The van der Waals surface area contributed by atoms with Crippen LogP contribution in [-0.4, -0.2) is 11.5 Å². The van der Waals surface area contributed by atoms with E-state index >= 15 is 0 Å². The van der Waals surface area contributed by atoms with Crippen LogP contribution >= 0.6 is 15.9 Å². The zero-order valence-corrected chi connectivity index (χ0v) is 12.1. The van der Waals surface area contributed by atoms with Crippen LogP contribution in [0.1, 0.15) is 5.56 Å². The molecular formula is C14H12BrFN2O2. The van der Waals surface area contributed by atoms with E-state index < -0.39 is 4.92 Å². The summed E-state index contributed by atoms with van der Waals surface area (Å²) in [5.74, 6) is -0.308. The zero-order chi connectivity index (χ0) is 14.5. The second-order valence-corrected chi connectivity index (χ2v) is 5.14. The van der Waals surface area contributed by atoms with Crippen LogP contribution in [0.2, 0.25) is 0 Å². The molecule has 0 aromatic heterocycles. The first-order valence-electron chi connectivity index (χ1n) is 5.98. The molecule has 0 radical (unpaired) electrons. The van der Waals surface area contributed by atoms with Gasteiger partial charge in [0.15, 0.2) is 0 Å². The zero-order valence-electron chi connectivity index (χ0n) is 10.5. The highest BCUT2D eigenvalue weighted by atomic mass is 79.9. The van der Waals surface area contributed by atoms with E-state index in [1.807, 2.05) is 0 Å². The van der Waals surface area contributed by atoms with E-state index in [-0.39, 0.29) is 11.5 Å². The number of halogens is 2. The maximum atomic E-state index is 13.5. The molecule has 0 saturated heterocycles. The molecule has 2 aromatic carbocycles. The average Bonchev–Trinajstić information content (AvgIpc) is 2.43. The lowest BCUT2D eigenvalue weighted by Gasteiger charge is -2.08. The maximum Gasteiger partial charge on any atom is 0.269 e. The van der Waals surface area contributed by atoms with Crippen LogP contribution in [0, 0.1) is 15.9 Å². The summed E-state index contributed by atoms with van der Waals surface area (Å²) in [6.07, 6.45) is 0.657. The van der Waals surface area contributed by atoms with Crippen molar-refractivity contribution in [3.8, 4) is 0 Å². The van der Waals surface area contributed by atoms with Gasteiger partial charge in [0.2, 0.25) is 0 Å². The molecule has 0 aliphatic heterocycles. The first-order valence-corrected chi connectivity index (χ1v) is 6.78.